The summed E-state index contributed by atoms with van der Waals surface area (Å²) in [4.78, 5) is 4.60. The number of aryl methyl sites for hydroxylation is 1. The van der Waals surface area contributed by atoms with Crippen molar-refractivity contribution in [2.45, 2.75) is 26.8 Å². The molecule has 0 aliphatic rings. The summed E-state index contributed by atoms with van der Waals surface area (Å²) in [7, 11) is 4.16. The number of rotatable bonds is 8. The molecule has 1 aromatic carbocycles. The quantitative estimate of drug-likeness (QED) is 0.800. The molecule has 0 radical (unpaired) electrons. The molecule has 1 atom stereocenters. The van der Waals surface area contributed by atoms with Crippen LogP contribution in [0.2, 0.25) is 0 Å². The van der Waals surface area contributed by atoms with Gasteiger partial charge in [-0.25, -0.2) is 4.39 Å². The first-order valence-corrected chi connectivity index (χ1v) is 7.70. The van der Waals surface area contributed by atoms with Crippen molar-refractivity contribution in [3.8, 4) is 0 Å². The molecule has 0 bridgehead atoms. The molecule has 0 aliphatic carbocycles. The summed E-state index contributed by atoms with van der Waals surface area (Å²) in [5.41, 5.74) is 8.16. The zero-order valence-electron chi connectivity index (χ0n) is 14.1. The van der Waals surface area contributed by atoms with Gasteiger partial charge >= 0.3 is 0 Å². The second-order valence-corrected chi connectivity index (χ2v) is 6.44. The van der Waals surface area contributed by atoms with Gasteiger partial charge in [-0.05, 0) is 50.2 Å². The molecule has 0 spiro atoms. The second kappa shape index (κ2) is 8.47. The molecular formula is C17H30FN3. The summed E-state index contributed by atoms with van der Waals surface area (Å²) in [6.45, 7) is 9.88. The third-order valence-electron chi connectivity index (χ3n) is 3.69. The molecule has 120 valence electrons. The van der Waals surface area contributed by atoms with E-state index in [-0.39, 0.29) is 11.9 Å². The van der Waals surface area contributed by atoms with Crippen molar-refractivity contribution < 1.29 is 4.39 Å². The van der Waals surface area contributed by atoms with Crippen LogP contribution in [0.4, 0.5) is 4.39 Å². The summed E-state index contributed by atoms with van der Waals surface area (Å²) >= 11 is 0. The van der Waals surface area contributed by atoms with E-state index in [1.54, 1.807) is 6.07 Å². The van der Waals surface area contributed by atoms with E-state index in [4.69, 9.17) is 5.73 Å². The Morgan fingerprint density at radius 2 is 1.86 bits per heavy atom. The van der Waals surface area contributed by atoms with Gasteiger partial charge in [0.2, 0.25) is 0 Å². The Hall–Kier alpha value is -0.970. The Bertz CT molecular complexity index is 432. The van der Waals surface area contributed by atoms with Crippen LogP contribution in [-0.4, -0.2) is 50.1 Å². The first-order chi connectivity index (χ1) is 9.85. The van der Waals surface area contributed by atoms with Crippen molar-refractivity contribution >= 4 is 0 Å². The molecule has 0 aliphatic heterocycles. The Morgan fingerprint density at radius 1 is 1.19 bits per heavy atom. The van der Waals surface area contributed by atoms with E-state index in [0.29, 0.717) is 12.5 Å². The summed E-state index contributed by atoms with van der Waals surface area (Å²) in [6.07, 6.45) is 0. The van der Waals surface area contributed by atoms with Crippen LogP contribution in [-0.2, 0) is 0 Å². The molecule has 1 rings (SSSR count). The van der Waals surface area contributed by atoms with E-state index < -0.39 is 0 Å². The predicted molar refractivity (Wildman–Crippen MR) is 87.9 cm³/mol. The highest BCUT2D eigenvalue weighted by Crippen LogP contribution is 2.24. The van der Waals surface area contributed by atoms with Gasteiger partial charge in [-0.3, -0.25) is 4.90 Å². The minimum absolute atomic E-state index is 0.146. The molecule has 0 amide bonds. The van der Waals surface area contributed by atoms with Gasteiger partial charge in [0.1, 0.15) is 5.82 Å². The molecule has 1 aromatic rings. The van der Waals surface area contributed by atoms with E-state index in [2.05, 4.69) is 37.7 Å². The van der Waals surface area contributed by atoms with Crippen molar-refractivity contribution in [1.29, 1.82) is 0 Å². The minimum Gasteiger partial charge on any atom is -0.329 e. The average molecular weight is 295 g/mol. The molecule has 21 heavy (non-hydrogen) atoms. The molecule has 0 heterocycles. The van der Waals surface area contributed by atoms with Crippen molar-refractivity contribution in [2.75, 3.05) is 40.3 Å². The molecule has 4 heteroatoms. The Morgan fingerprint density at radius 3 is 2.33 bits per heavy atom. The molecule has 2 N–H and O–H groups in total. The highest BCUT2D eigenvalue weighted by Gasteiger charge is 2.21. The van der Waals surface area contributed by atoms with Gasteiger partial charge in [0.05, 0.1) is 0 Å². The van der Waals surface area contributed by atoms with E-state index >= 15 is 0 Å². The number of halogens is 1. The van der Waals surface area contributed by atoms with Crippen LogP contribution in [0.5, 0.6) is 0 Å². The van der Waals surface area contributed by atoms with Gasteiger partial charge in [-0.1, -0.05) is 19.9 Å². The third-order valence-corrected chi connectivity index (χ3v) is 3.69. The topological polar surface area (TPSA) is 32.5 Å². The van der Waals surface area contributed by atoms with Gasteiger partial charge in [-0.2, -0.15) is 0 Å². The molecule has 3 nitrogen and oxygen atoms in total. The maximum absolute atomic E-state index is 13.3. The molecule has 0 fully saturated rings. The fraction of sp³-hybridized carbons (Fsp3) is 0.647. The van der Waals surface area contributed by atoms with Crippen LogP contribution in [0.15, 0.2) is 18.2 Å². The van der Waals surface area contributed by atoms with Gasteiger partial charge in [0, 0.05) is 32.2 Å². The maximum atomic E-state index is 13.3. The predicted octanol–water partition coefficient (Wildman–Crippen LogP) is 2.65. The van der Waals surface area contributed by atoms with Crippen molar-refractivity contribution in [3.05, 3.63) is 35.1 Å². The van der Waals surface area contributed by atoms with E-state index in [1.165, 1.54) is 6.07 Å². The highest BCUT2D eigenvalue weighted by molar-refractivity contribution is 5.30. The first kappa shape index (κ1) is 18.1. The average Bonchev–Trinajstić information content (AvgIpc) is 2.38. The molecule has 0 saturated heterocycles. The standard InChI is InChI=1S/C17H30FN3/c1-13(2)12-21(9-8-20(4)5)17(11-19)16-7-6-15(18)10-14(16)3/h6-7,10,13,17H,8-9,11-12,19H2,1-5H3. The lowest BCUT2D eigenvalue weighted by Gasteiger charge is -2.34. The number of hydrogen-bond acceptors (Lipinski definition) is 3. The van der Waals surface area contributed by atoms with Crippen LogP contribution in [0, 0.1) is 18.7 Å². The molecule has 0 aromatic heterocycles. The monoisotopic (exact) mass is 295 g/mol. The van der Waals surface area contributed by atoms with Crippen LogP contribution in [0.1, 0.15) is 31.0 Å². The van der Waals surface area contributed by atoms with E-state index in [9.17, 15) is 4.39 Å². The lowest BCUT2D eigenvalue weighted by atomic mass is 9.98. The smallest absolute Gasteiger partial charge is 0.123 e. The van der Waals surface area contributed by atoms with Gasteiger partial charge in [0.25, 0.3) is 0 Å². The summed E-state index contributed by atoms with van der Waals surface area (Å²) < 4.78 is 13.3. The molecule has 0 saturated carbocycles. The first-order valence-electron chi connectivity index (χ1n) is 7.70. The van der Waals surface area contributed by atoms with E-state index in [1.807, 2.05) is 13.0 Å². The van der Waals surface area contributed by atoms with Gasteiger partial charge < -0.3 is 10.6 Å². The summed E-state index contributed by atoms with van der Waals surface area (Å²) in [5, 5.41) is 0. The maximum Gasteiger partial charge on any atom is 0.123 e. The fourth-order valence-electron chi connectivity index (χ4n) is 2.66. The minimum atomic E-state index is -0.185. The Labute approximate surface area is 128 Å². The van der Waals surface area contributed by atoms with Crippen molar-refractivity contribution in [1.82, 2.24) is 9.80 Å². The largest absolute Gasteiger partial charge is 0.329 e. The Balaban J connectivity index is 2.98. The van der Waals surface area contributed by atoms with Crippen LogP contribution < -0.4 is 5.73 Å². The fourth-order valence-corrected chi connectivity index (χ4v) is 2.66. The second-order valence-electron chi connectivity index (χ2n) is 6.44. The lowest BCUT2D eigenvalue weighted by molar-refractivity contribution is 0.163. The third kappa shape index (κ3) is 5.73. The summed E-state index contributed by atoms with van der Waals surface area (Å²) in [6, 6.07) is 5.15. The van der Waals surface area contributed by atoms with Crippen LogP contribution in [0.3, 0.4) is 0 Å². The molecular weight excluding hydrogens is 265 g/mol. The Kier molecular flexibility index (Phi) is 7.29. The highest BCUT2D eigenvalue weighted by atomic mass is 19.1. The normalized spacial score (nSPS) is 13.4. The van der Waals surface area contributed by atoms with Crippen molar-refractivity contribution in [2.24, 2.45) is 11.7 Å². The number of likely N-dealkylation sites (N-methyl/N-ethyl adjacent to an activating group) is 1. The number of nitrogens with two attached hydrogens (primary N) is 1. The zero-order chi connectivity index (χ0) is 16.0. The summed E-state index contributed by atoms with van der Waals surface area (Å²) in [5.74, 6) is 0.387. The van der Waals surface area contributed by atoms with Gasteiger partial charge in [0.15, 0.2) is 0 Å². The van der Waals surface area contributed by atoms with Gasteiger partial charge in [-0.15, -0.1) is 0 Å². The van der Waals surface area contributed by atoms with Crippen molar-refractivity contribution in [3.63, 3.8) is 0 Å². The zero-order valence-corrected chi connectivity index (χ0v) is 14.1. The number of nitrogens with zero attached hydrogens (tertiary/aromatic N) is 2. The number of benzene rings is 1. The number of hydrogen-bond donors (Lipinski definition) is 1. The van der Waals surface area contributed by atoms with Crippen LogP contribution >= 0.6 is 0 Å². The molecule has 1 unspecified atom stereocenters. The van der Waals surface area contributed by atoms with E-state index in [0.717, 1.165) is 30.8 Å². The SMILES string of the molecule is Cc1cc(F)ccc1C(CN)N(CCN(C)C)CC(C)C. The lowest BCUT2D eigenvalue weighted by Crippen LogP contribution is -2.40. The van der Waals surface area contributed by atoms with Crippen LogP contribution in [0.25, 0.3) is 0 Å².